The van der Waals surface area contributed by atoms with Gasteiger partial charge in [0.25, 0.3) is 0 Å². The highest BCUT2D eigenvalue weighted by Crippen LogP contribution is 2.55. The zero-order chi connectivity index (χ0) is 19.0. The number of allylic oxidation sites excluding steroid dienone is 1. The van der Waals surface area contributed by atoms with Crippen LogP contribution in [0.5, 0.6) is 0 Å². The molecule has 1 N–H and O–H groups in total. The van der Waals surface area contributed by atoms with Crippen LogP contribution in [0.2, 0.25) is 5.02 Å². The van der Waals surface area contributed by atoms with E-state index in [0.29, 0.717) is 29.1 Å². The molecule has 4 rings (SSSR count). The molecule has 138 valence electrons. The zero-order valence-corrected chi connectivity index (χ0v) is 16.1. The number of rotatable bonds is 5. The molecule has 3 nitrogen and oxygen atoms in total. The lowest BCUT2D eigenvalue weighted by Gasteiger charge is -2.31. The molecule has 0 spiro atoms. The second kappa shape index (κ2) is 7.15. The first-order valence-electron chi connectivity index (χ1n) is 8.56. The summed E-state index contributed by atoms with van der Waals surface area (Å²) in [5.41, 5.74) is 1.81. The molecule has 3 aromatic rings. The fraction of sp³-hybridized carbons (Fsp3) is 0.190. The largest absolute Gasteiger partial charge is 0.387 e. The molecule has 6 heteroatoms. The maximum absolute atomic E-state index is 14.3. The molecule has 2 aromatic carbocycles. The van der Waals surface area contributed by atoms with Gasteiger partial charge in [0.05, 0.1) is 22.2 Å². The quantitative estimate of drug-likeness (QED) is 0.575. The molecule has 0 aliphatic carbocycles. The van der Waals surface area contributed by atoms with Gasteiger partial charge in [-0.25, -0.2) is 9.37 Å². The van der Waals surface area contributed by atoms with Gasteiger partial charge in [-0.3, -0.25) is 0 Å². The van der Waals surface area contributed by atoms with Crippen molar-refractivity contribution in [2.45, 2.75) is 28.7 Å². The van der Waals surface area contributed by atoms with Gasteiger partial charge in [-0.05, 0) is 41.8 Å². The zero-order valence-electron chi connectivity index (χ0n) is 14.5. The van der Waals surface area contributed by atoms with E-state index in [1.165, 1.54) is 6.07 Å². The summed E-state index contributed by atoms with van der Waals surface area (Å²) in [5, 5.41) is 11.6. The van der Waals surface area contributed by atoms with Gasteiger partial charge < -0.3 is 9.67 Å². The van der Waals surface area contributed by atoms with Gasteiger partial charge in [0.15, 0.2) is 0 Å². The fourth-order valence-electron chi connectivity index (χ4n) is 3.61. The molecule has 2 atom stereocenters. The second-order valence-electron chi connectivity index (χ2n) is 6.65. The standard InChI is InChI=1S/C21H18ClFN2OS/c1-2-8-21(12-25-10-9-24-13-25)20(26)15-11-14(6-7-18(15)27-21)19-16(22)4-3-5-17(19)23/h2-7,9-11,13,20,26H,1,8,12H2/t20-,21-/m0/s1. The SMILES string of the molecule is C=CC[C@@]1(Cn2ccnc2)Sc2ccc(-c3c(F)cccc3Cl)cc2[C@@H]1O. The molecule has 1 aliphatic rings. The van der Waals surface area contributed by atoms with Crippen LogP contribution in [0, 0.1) is 5.82 Å². The van der Waals surface area contributed by atoms with Gasteiger partial charge in [-0.2, -0.15) is 0 Å². The summed E-state index contributed by atoms with van der Waals surface area (Å²) >= 11 is 7.85. The van der Waals surface area contributed by atoms with Crippen molar-refractivity contribution in [3.8, 4) is 11.1 Å². The Morgan fingerprint density at radius 3 is 2.93 bits per heavy atom. The van der Waals surface area contributed by atoms with E-state index in [4.69, 9.17) is 11.6 Å². The molecule has 1 aliphatic heterocycles. The van der Waals surface area contributed by atoms with E-state index >= 15 is 0 Å². The highest BCUT2D eigenvalue weighted by atomic mass is 35.5. The lowest BCUT2D eigenvalue weighted by Crippen LogP contribution is -2.33. The lowest BCUT2D eigenvalue weighted by atomic mass is 9.90. The molecular weight excluding hydrogens is 383 g/mol. The number of benzene rings is 2. The molecular formula is C21H18ClFN2OS. The Bertz CT molecular complexity index is 972. The monoisotopic (exact) mass is 400 g/mol. The van der Waals surface area contributed by atoms with Crippen LogP contribution in [0.4, 0.5) is 4.39 Å². The number of hydrogen-bond donors (Lipinski definition) is 1. The van der Waals surface area contributed by atoms with Crippen LogP contribution in [0.1, 0.15) is 18.1 Å². The molecule has 0 fully saturated rings. The summed E-state index contributed by atoms with van der Waals surface area (Å²) in [6.07, 6.45) is 7.08. The summed E-state index contributed by atoms with van der Waals surface area (Å²) in [6, 6.07) is 10.3. The number of fused-ring (bicyclic) bond motifs is 1. The number of thioether (sulfide) groups is 1. The van der Waals surface area contributed by atoms with Gasteiger partial charge in [0.1, 0.15) is 5.82 Å². The third-order valence-corrected chi connectivity index (χ3v) is 6.70. The van der Waals surface area contributed by atoms with Crippen molar-refractivity contribution in [2.75, 3.05) is 0 Å². The topological polar surface area (TPSA) is 38.0 Å². The predicted octanol–water partition coefficient (Wildman–Crippen LogP) is 5.50. The average Bonchev–Trinajstić information content (AvgIpc) is 3.23. The van der Waals surface area contributed by atoms with E-state index in [1.54, 1.807) is 36.4 Å². The maximum Gasteiger partial charge on any atom is 0.132 e. The summed E-state index contributed by atoms with van der Waals surface area (Å²) in [6.45, 7) is 4.46. The van der Waals surface area contributed by atoms with E-state index in [0.717, 1.165) is 10.5 Å². The van der Waals surface area contributed by atoms with Crippen LogP contribution in [0.25, 0.3) is 11.1 Å². The fourth-order valence-corrected chi connectivity index (χ4v) is 5.40. The van der Waals surface area contributed by atoms with E-state index in [-0.39, 0.29) is 5.82 Å². The van der Waals surface area contributed by atoms with Crippen molar-refractivity contribution in [1.29, 1.82) is 0 Å². The first-order valence-corrected chi connectivity index (χ1v) is 9.75. The summed E-state index contributed by atoms with van der Waals surface area (Å²) in [4.78, 5) is 5.08. The summed E-state index contributed by atoms with van der Waals surface area (Å²) in [7, 11) is 0. The minimum atomic E-state index is -0.719. The Labute approximate surface area is 166 Å². The number of aliphatic hydroxyl groups is 1. The Morgan fingerprint density at radius 2 is 2.22 bits per heavy atom. The van der Waals surface area contributed by atoms with Crippen LogP contribution in [-0.4, -0.2) is 19.4 Å². The van der Waals surface area contributed by atoms with Crippen LogP contribution >= 0.6 is 23.4 Å². The first kappa shape index (κ1) is 18.3. The van der Waals surface area contributed by atoms with Gasteiger partial charge in [-0.15, -0.1) is 18.3 Å². The number of hydrogen-bond acceptors (Lipinski definition) is 3. The number of nitrogens with zero attached hydrogens (tertiary/aromatic N) is 2. The third-order valence-electron chi connectivity index (χ3n) is 4.87. The van der Waals surface area contributed by atoms with E-state index in [1.807, 2.05) is 35.0 Å². The average molecular weight is 401 g/mol. The van der Waals surface area contributed by atoms with Crippen LogP contribution in [-0.2, 0) is 6.54 Å². The molecule has 0 radical (unpaired) electrons. The van der Waals surface area contributed by atoms with E-state index in [9.17, 15) is 9.50 Å². The molecule has 0 bridgehead atoms. The first-order chi connectivity index (χ1) is 13.0. The van der Waals surface area contributed by atoms with Gasteiger partial charge in [-0.1, -0.05) is 29.8 Å². The molecule has 1 aromatic heterocycles. The van der Waals surface area contributed by atoms with Gasteiger partial charge in [0, 0.05) is 29.4 Å². The summed E-state index contributed by atoms with van der Waals surface area (Å²) in [5.74, 6) is -0.377. The number of halogens is 2. The third kappa shape index (κ3) is 3.20. The Morgan fingerprint density at radius 1 is 1.37 bits per heavy atom. The minimum absolute atomic E-state index is 0.353. The lowest BCUT2D eigenvalue weighted by molar-refractivity contribution is 0.123. The van der Waals surface area contributed by atoms with E-state index in [2.05, 4.69) is 11.6 Å². The van der Waals surface area contributed by atoms with Crippen molar-refractivity contribution in [2.24, 2.45) is 0 Å². The number of imidazole rings is 1. The molecule has 0 saturated carbocycles. The normalized spacial score (nSPS) is 21.2. The van der Waals surface area contributed by atoms with Gasteiger partial charge in [0.2, 0.25) is 0 Å². The maximum atomic E-state index is 14.3. The number of aliphatic hydroxyl groups excluding tert-OH is 1. The van der Waals surface area contributed by atoms with Crippen molar-refractivity contribution in [3.63, 3.8) is 0 Å². The summed E-state index contributed by atoms with van der Waals surface area (Å²) < 4.78 is 15.8. The smallest absolute Gasteiger partial charge is 0.132 e. The van der Waals surface area contributed by atoms with Crippen LogP contribution in [0.15, 0.2) is 72.7 Å². The molecule has 2 heterocycles. The van der Waals surface area contributed by atoms with Gasteiger partial charge >= 0.3 is 0 Å². The molecule has 0 saturated heterocycles. The van der Waals surface area contributed by atoms with Crippen molar-refractivity contribution in [1.82, 2.24) is 9.55 Å². The minimum Gasteiger partial charge on any atom is -0.387 e. The van der Waals surface area contributed by atoms with Crippen molar-refractivity contribution in [3.05, 3.63) is 84.2 Å². The number of aromatic nitrogens is 2. The highest BCUT2D eigenvalue weighted by molar-refractivity contribution is 8.01. The van der Waals surface area contributed by atoms with Crippen LogP contribution < -0.4 is 0 Å². The van der Waals surface area contributed by atoms with Crippen molar-refractivity contribution >= 4 is 23.4 Å². The molecule has 0 amide bonds. The van der Waals surface area contributed by atoms with Crippen molar-refractivity contribution < 1.29 is 9.50 Å². The van der Waals surface area contributed by atoms with E-state index < -0.39 is 10.9 Å². The Kier molecular flexibility index (Phi) is 4.84. The molecule has 27 heavy (non-hydrogen) atoms. The Balaban J connectivity index is 1.75. The van der Waals surface area contributed by atoms with Crippen LogP contribution in [0.3, 0.4) is 0 Å². The highest BCUT2D eigenvalue weighted by Gasteiger charge is 2.46. The molecule has 0 unspecified atom stereocenters. The Hall–Kier alpha value is -2.08. The second-order valence-corrected chi connectivity index (χ2v) is 8.51. The predicted molar refractivity (Wildman–Crippen MR) is 107 cm³/mol.